The predicted octanol–water partition coefficient (Wildman–Crippen LogP) is 2.27. The van der Waals surface area contributed by atoms with Crippen molar-refractivity contribution in [3.05, 3.63) is 77.1 Å². The number of carbonyl (C=O) groups is 2. The molecule has 0 saturated heterocycles. The van der Waals surface area contributed by atoms with Crippen LogP contribution in [0.15, 0.2) is 54.7 Å². The van der Waals surface area contributed by atoms with Gasteiger partial charge in [-0.05, 0) is 38.1 Å². The fourth-order valence-corrected chi connectivity index (χ4v) is 2.59. The quantitative estimate of drug-likeness (QED) is 0.631. The minimum absolute atomic E-state index is 0.186. The van der Waals surface area contributed by atoms with Gasteiger partial charge in [-0.3, -0.25) is 20.4 Å². The summed E-state index contributed by atoms with van der Waals surface area (Å²) in [4.78, 5) is 24.4. The highest BCUT2D eigenvalue weighted by Crippen LogP contribution is 2.17. The van der Waals surface area contributed by atoms with Gasteiger partial charge in [-0.25, -0.2) is 4.68 Å². The standard InChI is InChI=1S/C19H18N4O3/c1-12-8-13(2)10-14(9-12)18(25)20-21-19(26)17-16(24)11-23(22-17)15-6-4-3-5-7-15/h3-11,24H,1-2H3,(H,20,25)(H,21,26). The van der Waals surface area contributed by atoms with Crippen molar-refractivity contribution < 1.29 is 14.7 Å². The Morgan fingerprint density at radius 2 is 1.58 bits per heavy atom. The molecule has 132 valence electrons. The number of nitrogens with one attached hydrogen (secondary N) is 2. The molecule has 0 aliphatic carbocycles. The molecule has 0 aliphatic heterocycles. The normalized spacial score (nSPS) is 10.4. The molecule has 1 aromatic heterocycles. The zero-order valence-electron chi connectivity index (χ0n) is 14.4. The largest absolute Gasteiger partial charge is 0.504 e. The van der Waals surface area contributed by atoms with Crippen LogP contribution in [-0.2, 0) is 0 Å². The van der Waals surface area contributed by atoms with E-state index in [2.05, 4.69) is 16.0 Å². The second-order valence-corrected chi connectivity index (χ2v) is 5.93. The van der Waals surface area contributed by atoms with Crippen molar-refractivity contribution >= 4 is 11.8 Å². The van der Waals surface area contributed by atoms with Crippen molar-refractivity contribution in [3.63, 3.8) is 0 Å². The molecular weight excluding hydrogens is 332 g/mol. The minimum Gasteiger partial charge on any atom is -0.504 e. The van der Waals surface area contributed by atoms with Gasteiger partial charge >= 0.3 is 0 Å². The summed E-state index contributed by atoms with van der Waals surface area (Å²) in [6.07, 6.45) is 1.33. The average molecular weight is 350 g/mol. The first kappa shape index (κ1) is 17.2. The van der Waals surface area contributed by atoms with E-state index in [4.69, 9.17) is 0 Å². The smallest absolute Gasteiger partial charge is 0.294 e. The first-order valence-corrected chi connectivity index (χ1v) is 7.97. The molecule has 0 saturated carbocycles. The molecule has 3 N–H and O–H groups in total. The number of aromatic hydroxyl groups is 1. The van der Waals surface area contributed by atoms with Crippen molar-refractivity contribution in [2.45, 2.75) is 13.8 Å². The second kappa shape index (κ2) is 7.10. The molecule has 0 unspecified atom stereocenters. The van der Waals surface area contributed by atoms with Crippen molar-refractivity contribution in [2.75, 3.05) is 0 Å². The van der Waals surface area contributed by atoms with Gasteiger partial charge in [0, 0.05) is 5.56 Å². The monoisotopic (exact) mass is 350 g/mol. The Kier molecular flexibility index (Phi) is 4.70. The number of aromatic nitrogens is 2. The molecule has 26 heavy (non-hydrogen) atoms. The molecule has 0 aliphatic rings. The molecular formula is C19H18N4O3. The Hall–Kier alpha value is -3.61. The SMILES string of the molecule is Cc1cc(C)cc(C(=O)NNC(=O)c2nn(-c3ccccc3)cc2O)c1. The number of hydrazine groups is 1. The van der Waals surface area contributed by atoms with E-state index in [-0.39, 0.29) is 11.4 Å². The van der Waals surface area contributed by atoms with Gasteiger partial charge in [0.05, 0.1) is 11.9 Å². The first-order valence-electron chi connectivity index (χ1n) is 7.97. The zero-order valence-corrected chi connectivity index (χ0v) is 14.4. The number of benzene rings is 2. The third-order valence-electron chi connectivity index (χ3n) is 3.70. The predicted molar refractivity (Wildman–Crippen MR) is 96.1 cm³/mol. The van der Waals surface area contributed by atoms with Crippen molar-refractivity contribution in [3.8, 4) is 11.4 Å². The summed E-state index contributed by atoms with van der Waals surface area (Å²) in [6.45, 7) is 3.77. The van der Waals surface area contributed by atoms with Crippen LogP contribution in [0.1, 0.15) is 32.0 Å². The van der Waals surface area contributed by atoms with E-state index in [0.717, 1.165) is 11.1 Å². The fraction of sp³-hybridized carbons (Fsp3) is 0.105. The van der Waals surface area contributed by atoms with E-state index in [9.17, 15) is 14.7 Å². The van der Waals surface area contributed by atoms with Crippen LogP contribution in [0.2, 0.25) is 0 Å². The maximum atomic E-state index is 12.2. The third-order valence-corrected chi connectivity index (χ3v) is 3.70. The van der Waals surface area contributed by atoms with Crippen molar-refractivity contribution in [1.82, 2.24) is 20.6 Å². The molecule has 3 rings (SSSR count). The molecule has 2 aromatic carbocycles. The van der Waals surface area contributed by atoms with Gasteiger partial charge in [0.2, 0.25) is 0 Å². The van der Waals surface area contributed by atoms with Crippen LogP contribution >= 0.6 is 0 Å². The molecule has 7 nitrogen and oxygen atoms in total. The zero-order chi connectivity index (χ0) is 18.7. The second-order valence-electron chi connectivity index (χ2n) is 5.93. The van der Waals surface area contributed by atoms with Gasteiger partial charge in [0.15, 0.2) is 11.4 Å². The van der Waals surface area contributed by atoms with Gasteiger partial charge in [-0.1, -0.05) is 35.4 Å². The van der Waals surface area contributed by atoms with Crippen LogP contribution in [-0.4, -0.2) is 26.7 Å². The number of aryl methyl sites for hydroxylation is 2. The molecule has 0 radical (unpaired) electrons. The number of amides is 2. The van der Waals surface area contributed by atoms with Gasteiger partial charge in [-0.15, -0.1) is 0 Å². The van der Waals surface area contributed by atoms with Crippen LogP contribution in [0.4, 0.5) is 0 Å². The van der Waals surface area contributed by atoms with Crippen molar-refractivity contribution in [1.29, 1.82) is 0 Å². The maximum Gasteiger partial charge on any atom is 0.294 e. The first-order chi connectivity index (χ1) is 12.4. The van der Waals surface area contributed by atoms with E-state index in [1.54, 1.807) is 24.3 Å². The fourth-order valence-electron chi connectivity index (χ4n) is 2.59. The summed E-state index contributed by atoms with van der Waals surface area (Å²) in [6, 6.07) is 14.4. The highest BCUT2D eigenvalue weighted by Gasteiger charge is 2.18. The van der Waals surface area contributed by atoms with E-state index in [0.29, 0.717) is 11.3 Å². The Morgan fingerprint density at radius 3 is 2.23 bits per heavy atom. The lowest BCUT2D eigenvalue weighted by Crippen LogP contribution is -2.41. The number of para-hydroxylation sites is 1. The number of nitrogens with zero attached hydrogens (tertiary/aromatic N) is 2. The number of rotatable bonds is 3. The number of hydrogen-bond donors (Lipinski definition) is 3. The van der Waals surface area contributed by atoms with Crippen LogP contribution in [0.3, 0.4) is 0 Å². The highest BCUT2D eigenvalue weighted by molar-refractivity contribution is 5.99. The maximum absolute atomic E-state index is 12.2. The molecule has 0 fully saturated rings. The number of hydrogen-bond acceptors (Lipinski definition) is 4. The molecule has 0 bridgehead atoms. The summed E-state index contributed by atoms with van der Waals surface area (Å²) in [7, 11) is 0. The molecule has 7 heteroatoms. The molecule has 0 spiro atoms. The molecule has 1 heterocycles. The molecule has 2 amide bonds. The lowest BCUT2D eigenvalue weighted by Gasteiger charge is -2.08. The van der Waals surface area contributed by atoms with Crippen LogP contribution < -0.4 is 10.9 Å². The van der Waals surface area contributed by atoms with E-state index in [1.807, 2.05) is 38.1 Å². The van der Waals surface area contributed by atoms with Crippen LogP contribution in [0.5, 0.6) is 5.75 Å². The lowest BCUT2D eigenvalue weighted by molar-refractivity contribution is 0.0842. The molecule has 0 atom stereocenters. The topological polar surface area (TPSA) is 96.3 Å². The van der Waals surface area contributed by atoms with Gasteiger partial charge in [-0.2, -0.15) is 5.10 Å². The summed E-state index contributed by atoms with van der Waals surface area (Å²) in [5.74, 6) is -1.45. The van der Waals surface area contributed by atoms with E-state index >= 15 is 0 Å². The van der Waals surface area contributed by atoms with Gasteiger partial charge in [0.25, 0.3) is 11.8 Å². The summed E-state index contributed by atoms with van der Waals surface area (Å²) in [5.41, 5.74) is 7.43. The Morgan fingerprint density at radius 1 is 0.962 bits per heavy atom. The number of carbonyl (C=O) groups excluding carboxylic acids is 2. The van der Waals surface area contributed by atoms with E-state index < -0.39 is 11.8 Å². The Balaban J connectivity index is 1.70. The molecule has 3 aromatic rings. The summed E-state index contributed by atoms with van der Waals surface area (Å²) in [5, 5.41) is 14.0. The minimum atomic E-state index is -0.713. The summed E-state index contributed by atoms with van der Waals surface area (Å²) < 4.78 is 1.38. The van der Waals surface area contributed by atoms with Crippen LogP contribution in [0, 0.1) is 13.8 Å². The van der Waals surface area contributed by atoms with Gasteiger partial charge < -0.3 is 5.11 Å². The Labute approximate surface area is 150 Å². The van der Waals surface area contributed by atoms with Crippen LogP contribution in [0.25, 0.3) is 5.69 Å². The summed E-state index contributed by atoms with van der Waals surface area (Å²) >= 11 is 0. The van der Waals surface area contributed by atoms with E-state index in [1.165, 1.54) is 10.9 Å². The lowest BCUT2D eigenvalue weighted by atomic mass is 10.1. The average Bonchev–Trinajstić information content (AvgIpc) is 3.01. The highest BCUT2D eigenvalue weighted by atomic mass is 16.3. The van der Waals surface area contributed by atoms with Crippen molar-refractivity contribution in [2.24, 2.45) is 0 Å². The third kappa shape index (κ3) is 3.72. The Bertz CT molecular complexity index is 944. The van der Waals surface area contributed by atoms with Gasteiger partial charge in [0.1, 0.15) is 0 Å².